The number of rotatable bonds is 3. The second-order valence-corrected chi connectivity index (χ2v) is 2.14. The maximum absolute atomic E-state index is 9.75. The van der Waals surface area contributed by atoms with Crippen LogP contribution in [-0.2, 0) is 11.3 Å². The van der Waals surface area contributed by atoms with Gasteiger partial charge in [-0.15, -0.1) is 0 Å². The molecule has 0 saturated heterocycles. The van der Waals surface area contributed by atoms with Crippen LogP contribution in [0.15, 0.2) is 0 Å². The van der Waals surface area contributed by atoms with Crippen molar-refractivity contribution in [1.29, 1.82) is 0 Å². The summed E-state index contributed by atoms with van der Waals surface area (Å²) in [6.07, 6.45) is 0. The second-order valence-electron chi connectivity index (χ2n) is 1.44. The molecule has 2 unspecified atom stereocenters. The van der Waals surface area contributed by atoms with Crippen LogP contribution in [-0.4, -0.2) is 26.5 Å². The molecule has 0 aromatic heterocycles. The fourth-order valence-electron chi connectivity index (χ4n) is 0.202. The van der Waals surface area contributed by atoms with Gasteiger partial charge in [-0.1, -0.05) is 0 Å². The summed E-state index contributed by atoms with van der Waals surface area (Å²) in [7, 11) is 0. The Hall–Kier alpha value is 0.0300. The van der Waals surface area contributed by atoms with E-state index in [0.29, 0.717) is 0 Å². The van der Waals surface area contributed by atoms with E-state index in [1.165, 1.54) is 0 Å². The predicted octanol–water partition coefficient (Wildman–Crippen LogP) is -1.25. The number of hydrogen-bond donors (Lipinski definition) is 2. The van der Waals surface area contributed by atoms with Crippen molar-refractivity contribution in [3.63, 3.8) is 0 Å². The molecule has 0 aliphatic rings. The summed E-state index contributed by atoms with van der Waals surface area (Å²) in [5, 5.41) is 8.25. The summed E-state index contributed by atoms with van der Waals surface area (Å²) in [5.74, 6) is 0. The summed E-state index contributed by atoms with van der Waals surface area (Å²) in [4.78, 5) is 0. The molecule has 0 rings (SSSR count). The van der Waals surface area contributed by atoms with Crippen molar-refractivity contribution in [3.05, 3.63) is 0 Å². The third-order valence-electron chi connectivity index (χ3n) is 0.571. The molecule has 0 heterocycles. The van der Waals surface area contributed by atoms with Crippen molar-refractivity contribution in [2.45, 2.75) is 13.0 Å². The van der Waals surface area contributed by atoms with Crippen LogP contribution >= 0.6 is 0 Å². The zero-order valence-electron chi connectivity index (χ0n) is 4.46. The van der Waals surface area contributed by atoms with Crippen LogP contribution in [0.25, 0.3) is 0 Å². The lowest BCUT2D eigenvalue weighted by Crippen LogP contribution is -2.30. The third kappa shape index (κ3) is 4.20. The van der Waals surface area contributed by atoms with E-state index in [0.717, 1.165) is 0 Å². The molecule has 8 heavy (non-hydrogen) atoms. The van der Waals surface area contributed by atoms with E-state index in [-0.39, 0.29) is 12.6 Å². The van der Waals surface area contributed by atoms with E-state index >= 15 is 0 Å². The van der Waals surface area contributed by atoms with Crippen LogP contribution in [0.1, 0.15) is 6.92 Å². The van der Waals surface area contributed by atoms with Crippen LogP contribution in [0.4, 0.5) is 0 Å². The Bertz CT molecular complexity index is 86.6. The average Bonchev–Trinajstić information content (AvgIpc) is 1.65. The maximum Gasteiger partial charge on any atom is 0.0591 e. The minimum absolute atomic E-state index is 0.173. The van der Waals surface area contributed by atoms with Crippen molar-refractivity contribution in [1.82, 2.24) is 4.72 Å². The first-order valence-corrected chi connectivity index (χ1v) is 3.20. The smallest absolute Gasteiger partial charge is 0.0591 e. The quantitative estimate of drug-likeness (QED) is 0.479. The van der Waals surface area contributed by atoms with E-state index in [4.69, 9.17) is 5.11 Å². The first-order valence-electron chi connectivity index (χ1n) is 2.13. The minimum Gasteiger partial charge on any atom is -0.760 e. The van der Waals surface area contributed by atoms with E-state index in [9.17, 15) is 8.76 Å². The van der Waals surface area contributed by atoms with Crippen molar-refractivity contribution in [2.75, 3.05) is 6.61 Å². The standard InChI is InChI=1S/C3H9NO3S/c1-3(2-5)4-8(6)7/h3-5H,2H2,1H3,(H,6,7)/p-1. The molecule has 0 bridgehead atoms. The molecule has 2 atom stereocenters. The summed E-state index contributed by atoms with van der Waals surface area (Å²) >= 11 is -2.26. The fourth-order valence-corrected chi connectivity index (χ4v) is 0.605. The van der Waals surface area contributed by atoms with Gasteiger partial charge < -0.3 is 9.66 Å². The lowest BCUT2D eigenvalue weighted by Gasteiger charge is -2.11. The van der Waals surface area contributed by atoms with Gasteiger partial charge in [0.15, 0.2) is 0 Å². The lowest BCUT2D eigenvalue weighted by atomic mass is 10.4. The Morgan fingerprint density at radius 2 is 2.50 bits per heavy atom. The molecule has 0 aliphatic carbocycles. The minimum atomic E-state index is -2.26. The monoisotopic (exact) mass is 138 g/mol. The first kappa shape index (κ1) is 8.03. The largest absolute Gasteiger partial charge is 0.760 e. The highest BCUT2D eigenvalue weighted by Crippen LogP contribution is 1.76. The number of hydrogen-bond acceptors (Lipinski definition) is 3. The molecule has 0 aromatic rings. The summed E-state index contributed by atoms with van der Waals surface area (Å²) in [6, 6.07) is -0.381. The van der Waals surface area contributed by atoms with Gasteiger partial charge in [0.2, 0.25) is 0 Å². The first-order chi connectivity index (χ1) is 3.66. The van der Waals surface area contributed by atoms with Gasteiger partial charge >= 0.3 is 0 Å². The van der Waals surface area contributed by atoms with Crippen LogP contribution in [0.5, 0.6) is 0 Å². The molecule has 0 aliphatic heterocycles. The molecular formula is C3H8NO3S-. The SMILES string of the molecule is CC(CO)NS(=O)[O-]. The molecule has 0 amide bonds. The fraction of sp³-hybridized carbons (Fsp3) is 1.00. The van der Waals surface area contributed by atoms with E-state index < -0.39 is 11.3 Å². The molecular weight excluding hydrogens is 130 g/mol. The Kier molecular flexibility index (Phi) is 3.98. The Morgan fingerprint density at radius 1 is 2.00 bits per heavy atom. The van der Waals surface area contributed by atoms with Crippen molar-refractivity contribution < 1.29 is 13.9 Å². The molecule has 0 aromatic carbocycles. The van der Waals surface area contributed by atoms with Crippen molar-refractivity contribution in [3.8, 4) is 0 Å². The molecule has 0 fully saturated rings. The van der Waals surface area contributed by atoms with Gasteiger partial charge in [0, 0.05) is 17.3 Å². The molecule has 2 N–H and O–H groups in total. The van der Waals surface area contributed by atoms with Crippen molar-refractivity contribution >= 4 is 11.3 Å². The van der Waals surface area contributed by atoms with Gasteiger partial charge in [-0.05, 0) is 6.92 Å². The third-order valence-corrected chi connectivity index (χ3v) is 1.17. The van der Waals surface area contributed by atoms with Gasteiger partial charge in [0.05, 0.1) is 6.61 Å². The van der Waals surface area contributed by atoms with Gasteiger partial charge in [-0.25, -0.2) is 4.72 Å². The molecule has 4 nitrogen and oxygen atoms in total. The van der Waals surface area contributed by atoms with Crippen LogP contribution < -0.4 is 4.72 Å². The van der Waals surface area contributed by atoms with E-state index in [1.807, 2.05) is 0 Å². The van der Waals surface area contributed by atoms with Gasteiger partial charge in [0.1, 0.15) is 0 Å². The molecule has 0 saturated carbocycles. The zero-order chi connectivity index (χ0) is 6.57. The topological polar surface area (TPSA) is 72.4 Å². The normalized spacial score (nSPS) is 17.9. The molecule has 0 spiro atoms. The lowest BCUT2D eigenvalue weighted by molar-refractivity contribution is 0.264. The average molecular weight is 138 g/mol. The van der Waals surface area contributed by atoms with Gasteiger partial charge in [-0.2, -0.15) is 0 Å². The Labute approximate surface area is 50.3 Å². The van der Waals surface area contributed by atoms with Crippen LogP contribution in [0.3, 0.4) is 0 Å². The van der Waals surface area contributed by atoms with Crippen LogP contribution in [0, 0.1) is 0 Å². The molecule has 50 valence electrons. The number of nitrogens with one attached hydrogen (secondary N) is 1. The van der Waals surface area contributed by atoms with E-state index in [2.05, 4.69) is 4.72 Å². The Balaban J connectivity index is 3.24. The van der Waals surface area contributed by atoms with Crippen molar-refractivity contribution in [2.24, 2.45) is 0 Å². The number of aliphatic hydroxyl groups excluding tert-OH is 1. The second kappa shape index (κ2) is 3.96. The summed E-state index contributed by atoms with van der Waals surface area (Å²) < 4.78 is 21.6. The van der Waals surface area contributed by atoms with E-state index in [1.54, 1.807) is 6.92 Å². The zero-order valence-corrected chi connectivity index (χ0v) is 5.27. The van der Waals surface area contributed by atoms with Gasteiger partial charge in [0.25, 0.3) is 0 Å². The molecule has 5 heteroatoms. The predicted molar refractivity (Wildman–Crippen MR) is 28.6 cm³/mol. The number of aliphatic hydroxyl groups is 1. The molecule has 0 radical (unpaired) electrons. The maximum atomic E-state index is 9.75. The highest BCUT2D eigenvalue weighted by atomic mass is 32.2. The Morgan fingerprint density at radius 3 is 2.62 bits per heavy atom. The van der Waals surface area contributed by atoms with Gasteiger partial charge in [-0.3, -0.25) is 4.21 Å². The highest BCUT2D eigenvalue weighted by molar-refractivity contribution is 7.77. The summed E-state index contributed by atoms with van der Waals surface area (Å²) in [5.41, 5.74) is 0. The summed E-state index contributed by atoms with van der Waals surface area (Å²) in [6.45, 7) is 1.39. The highest BCUT2D eigenvalue weighted by Gasteiger charge is 1.94. The van der Waals surface area contributed by atoms with Crippen LogP contribution in [0.2, 0.25) is 0 Å².